The first-order chi connectivity index (χ1) is 24.5. The zero-order valence-electron chi connectivity index (χ0n) is 31.8. The quantitative estimate of drug-likeness (QED) is 0.231. The van der Waals surface area contributed by atoms with Gasteiger partial charge in [0, 0.05) is 25.4 Å². The summed E-state index contributed by atoms with van der Waals surface area (Å²) >= 11 is 0. The van der Waals surface area contributed by atoms with Gasteiger partial charge in [-0.15, -0.1) is 6.58 Å². The van der Waals surface area contributed by atoms with Gasteiger partial charge in [-0.1, -0.05) is 65.3 Å². The molecule has 5 rings (SSSR count). The second kappa shape index (κ2) is 15.5. The van der Waals surface area contributed by atoms with Gasteiger partial charge >= 0.3 is 19.8 Å². The summed E-state index contributed by atoms with van der Waals surface area (Å²) in [4.78, 5) is 58.9. The lowest BCUT2D eigenvalue weighted by Gasteiger charge is -2.36. The van der Waals surface area contributed by atoms with Gasteiger partial charge in [-0.05, 0) is 67.1 Å². The molecule has 1 aliphatic carbocycles. The molecule has 52 heavy (non-hydrogen) atoms. The fourth-order valence-electron chi connectivity index (χ4n) is 7.66. The fraction of sp³-hybridized carbons (Fsp3) is 0.684. The Morgan fingerprint density at radius 2 is 1.81 bits per heavy atom. The number of carbonyl (C=O) groups is 4. The van der Waals surface area contributed by atoms with Gasteiger partial charge in [0.15, 0.2) is 0 Å². The Morgan fingerprint density at radius 1 is 1.12 bits per heavy atom. The van der Waals surface area contributed by atoms with Gasteiger partial charge in [-0.3, -0.25) is 19.1 Å². The van der Waals surface area contributed by atoms with Gasteiger partial charge in [0.2, 0.25) is 11.8 Å². The van der Waals surface area contributed by atoms with E-state index in [-0.39, 0.29) is 50.5 Å². The minimum atomic E-state index is -3.87. The smallest absolute Gasteiger partial charge is 0.410 e. The van der Waals surface area contributed by atoms with Crippen molar-refractivity contribution in [2.75, 3.05) is 26.4 Å². The molecule has 2 N–H and O–H groups in total. The molecule has 5 atom stereocenters. The van der Waals surface area contributed by atoms with Crippen molar-refractivity contribution in [3.8, 4) is 0 Å². The molecule has 1 saturated carbocycles. The summed E-state index contributed by atoms with van der Waals surface area (Å²) in [5.41, 5.74) is 2.31. The van der Waals surface area contributed by atoms with E-state index in [0.29, 0.717) is 13.1 Å². The van der Waals surface area contributed by atoms with Gasteiger partial charge in [0.05, 0.1) is 26.4 Å². The molecule has 0 spiro atoms. The lowest BCUT2D eigenvalue weighted by atomic mass is 9.85. The normalized spacial score (nSPS) is 28.4. The van der Waals surface area contributed by atoms with Crippen molar-refractivity contribution in [3.05, 3.63) is 47.5 Å². The van der Waals surface area contributed by atoms with E-state index >= 15 is 0 Å². The first-order valence-corrected chi connectivity index (χ1v) is 20.1. The summed E-state index contributed by atoms with van der Waals surface area (Å²) in [5.74, 6) is -1.51. The number of alkyl carbamates (subject to hydrolysis) is 1. The molecule has 1 aromatic carbocycles. The molecule has 2 fully saturated rings. The van der Waals surface area contributed by atoms with Crippen LogP contribution in [0.15, 0.2) is 30.9 Å². The number of nitrogens with one attached hydrogen (secondary N) is 2. The van der Waals surface area contributed by atoms with Gasteiger partial charge in [-0.2, -0.15) is 0 Å². The first-order valence-electron chi connectivity index (χ1n) is 18.6. The first kappa shape index (κ1) is 39.8. The molecule has 13 nitrogen and oxygen atoms in total. The number of aryl methyl sites for hydroxylation is 1. The predicted octanol–water partition coefficient (Wildman–Crippen LogP) is 6.29. The van der Waals surface area contributed by atoms with Crippen molar-refractivity contribution in [1.29, 1.82) is 0 Å². The molecule has 1 aromatic rings. The van der Waals surface area contributed by atoms with Crippen LogP contribution in [0.1, 0.15) is 97.3 Å². The molecule has 2 unspecified atom stereocenters. The van der Waals surface area contributed by atoms with E-state index in [0.717, 1.165) is 36.8 Å². The standard InChI is InChI=1S/C38H57N4O9P/c1-9-27-20-38(27,52(47,49-10-2)50-11-3)40-32(43)30-19-28-22-42(30)33(44)31(36(4,5)6)39-34(45)48-24-37(7,8)18-13-12-15-25-16-14-17-26-21-41(23-29(25)26)35(46)51-28/h9,14,16-17,27-28,30-31H,1,10-13,15,18-24H2,2-8H3,(H,39,45)(H,40,43)/t27?,28-,30+,31-,38?/m1/s1. The van der Waals surface area contributed by atoms with Crippen molar-refractivity contribution in [1.82, 2.24) is 20.4 Å². The Hall–Kier alpha value is -3.41. The third-order valence-corrected chi connectivity index (χ3v) is 13.5. The van der Waals surface area contributed by atoms with Gasteiger partial charge < -0.3 is 34.1 Å². The van der Waals surface area contributed by atoms with Crippen LogP contribution in [0.4, 0.5) is 9.59 Å². The Bertz CT molecular complexity index is 1580. The lowest BCUT2D eigenvalue weighted by molar-refractivity contribution is -0.142. The molecule has 14 heteroatoms. The second-order valence-corrected chi connectivity index (χ2v) is 18.7. The van der Waals surface area contributed by atoms with Crippen LogP contribution in [0, 0.1) is 16.7 Å². The van der Waals surface area contributed by atoms with Gasteiger partial charge in [0.1, 0.15) is 23.5 Å². The molecule has 1 saturated heterocycles. The maximum absolute atomic E-state index is 14.5. The zero-order valence-corrected chi connectivity index (χ0v) is 32.7. The number of hydrogen-bond donors (Lipinski definition) is 2. The van der Waals surface area contributed by atoms with E-state index in [4.69, 9.17) is 18.5 Å². The largest absolute Gasteiger partial charge is 0.449 e. The van der Waals surface area contributed by atoms with Gasteiger partial charge in [-0.25, -0.2) is 9.59 Å². The summed E-state index contributed by atoms with van der Waals surface area (Å²) in [6, 6.07) is 3.95. The number of rotatable bonds is 8. The van der Waals surface area contributed by atoms with Crippen LogP contribution < -0.4 is 10.6 Å². The second-order valence-electron chi connectivity index (χ2n) is 16.3. The molecule has 3 heterocycles. The van der Waals surface area contributed by atoms with Crippen LogP contribution in [0.25, 0.3) is 0 Å². The molecule has 3 aliphatic heterocycles. The summed E-state index contributed by atoms with van der Waals surface area (Å²) < 4.78 is 37.2. The summed E-state index contributed by atoms with van der Waals surface area (Å²) in [6.07, 6.45) is 3.35. The van der Waals surface area contributed by atoms with E-state index in [1.165, 1.54) is 10.5 Å². The summed E-state index contributed by atoms with van der Waals surface area (Å²) in [5, 5.41) is 4.37. The van der Waals surface area contributed by atoms with Gasteiger partial charge in [0.25, 0.3) is 0 Å². The van der Waals surface area contributed by atoms with Crippen molar-refractivity contribution < 1.29 is 42.3 Å². The lowest BCUT2D eigenvalue weighted by Crippen LogP contribution is -2.58. The van der Waals surface area contributed by atoms with Crippen LogP contribution in [-0.2, 0) is 52.2 Å². The third-order valence-electron chi connectivity index (χ3n) is 10.7. The zero-order chi connectivity index (χ0) is 38.1. The highest BCUT2D eigenvalue weighted by Gasteiger charge is 2.68. The number of hydrogen-bond acceptors (Lipinski definition) is 9. The van der Waals surface area contributed by atoms with E-state index in [1.54, 1.807) is 24.8 Å². The average Bonchev–Trinajstić information content (AvgIpc) is 3.39. The molecule has 4 amide bonds. The van der Waals surface area contributed by atoms with Crippen LogP contribution in [0.2, 0.25) is 0 Å². The average molecular weight is 745 g/mol. The van der Waals surface area contributed by atoms with Crippen LogP contribution in [-0.4, -0.2) is 83.6 Å². The Morgan fingerprint density at radius 3 is 2.44 bits per heavy atom. The maximum Gasteiger partial charge on any atom is 0.410 e. The van der Waals surface area contributed by atoms with Crippen LogP contribution in [0.3, 0.4) is 0 Å². The topological polar surface area (TPSA) is 153 Å². The highest BCUT2D eigenvalue weighted by Crippen LogP contribution is 2.72. The highest BCUT2D eigenvalue weighted by molar-refractivity contribution is 7.56. The van der Waals surface area contributed by atoms with Crippen molar-refractivity contribution in [2.45, 2.75) is 124 Å². The molecule has 288 valence electrons. The molecular formula is C38H57N4O9P. The minimum absolute atomic E-state index is 0.00669. The molecule has 4 aliphatic rings. The number of benzene rings is 1. The number of fused-ring (bicyclic) bond motifs is 3. The van der Waals surface area contributed by atoms with E-state index in [1.807, 2.05) is 32.9 Å². The highest BCUT2D eigenvalue weighted by atomic mass is 31.2. The third kappa shape index (κ3) is 8.37. The molecule has 0 radical (unpaired) electrons. The SMILES string of the molecule is C=CC1CC1(NC(=O)[C@@H]1C[C@@H]2CN1C(=O)[C@H](C(C)(C)C)NC(=O)OCC(C)(C)CCCCc1cccc3c1CN(C3)C(=O)O2)P(=O)(OCC)OCC. The number of amides is 4. The monoisotopic (exact) mass is 744 g/mol. The van der Waals surface area contributed by atoms with E-state index in [9.17, 15) is 23.7 Å². The van der Waals surface area contributed by atoms with Crippen LogP contribution in [0.5, 0.6) is 0 Å². The molecule has 0 aromatic heterocycles. The molecule has 4 bridgehead atoms. The van der Waals surface area contributed by atoms with E-state index < -0.39 is 60.5 Å². The summed E-state index contributed by atoms with van der Waals surface area (Å²) in [7, 11) is -3.87. The number of carbonyl (C=O) groups excluding carboxylic acids is 4. The van der Waals surface area contributed by atoms with E-state index in [2.05, 4.69) is 37.1 Å². The molecular weight excluding hydrogens is 687 g/mol. The summed E-state index contributed by atoms with van der Waals surface area (Å²) in [6.45, 7) is 17.9. The predicted molar refractivity (Wildman–Crippen MR) is 195 cm³/mol. The van der Waals surface area contributed by atoms with Crippen molar-refractivity contribution in [3.63, 3.8) is 0 Å². The Kier molecular flexibility index (Phi) is 11.9. The fourth-order valence-corrected chi connectivity index (χ4v) is 10.1. The van der Waals surface area contributed by atoms with Crippen molar-refractivity contribution >= 4 is 31.6 Å². The Labute approximate surface area is 308 Å². The van der Waals surface area contributed by atoms with Crippen molar-refractivity contribution in [2.24, 2.45) is 16.7 Å². The number of ether oxygens (including phenoxy) is 2. The Balaban J connectivity index is 1.47. The maximum atomic E-state index is 14.5. The number of nitrogens with zero attached hydrogens (tertiary/aromatic N) is 2. The minimum Gasteiger partial charge on any atom is -0.449 e. The number of cyclic esters (lactones) is 1. The van der Waals surface area contributed by atoms with Crippen LogP contribution >= 0.6 is 7.60 Å².